The van der Waals surface area contributed by atoms with Crippen LogP contribution in [-0.2, 0) is 27.7 Å². The van der Waals surface area contributed by atoms with Gasteiger partial charge in [0.1, 0.15) is 10.5 Å². The van der Waals surface area contributed by atoms with Crippen LogP contribution in [0.4, 0.5) is 16.2 Å². The van der Waals surface area contributed by atoms with E-state index in [0.29, 0.717) is 35.4 Å². The molecule has 0 fully saturated rings. The number of anilines is 2. The first kappa shape index (κ1) is 27.7. The summed E-state index contributed by atoms with van der Waals surface area (Å²) in [5.74, 6) is -0.428. The third-order valence-electron chi connectivity index (χ3n) is 6.08. The maximum atomic E-state index is 13.3. The number of benzene rings is 3. The van der Waals surface area contributed by atoms with Gasteiger partial charge in [-0.05, 0) is 96.7 Å². The second-order valence-electron chi connectivity index (χ2n) is 10.0. The van der Waals surface area contributed by atoms with Crippen molar-refractivity contribution in [3.63, 3.8) is 0 Å². The largest absolute Gasteiger partial charge is 0.444 e. The van der Waals surface area contributed by atoms with Crippen LogP contribution >= 0.6 is 15.9 Å². The number of amides is 2. The van der Waals surface area contributed by atoms with Crippen molar-refractivity contribution in [2.75, 3.05) is 23.2 Å². The lowest BCUT2D eigenvalue weighted by Gasteiger charge is -2.31. The van der Waals surface area contributed by atoms with Crippen LogP contribution in [0, 0.1) is 0 Å². The van der Waals surface area contributed by atoms with Gasteiger partial charge in [-0.1, -0.05) is 24.3 Å². The van der Waals surface area contributed by atoms with Crippen LogP contribution in [-0.4, -0.2) is 44.5 Å². The lowest BCUT2D eigenvalue weighted by molar-refractivity contribution is 0.0224. The topological polar surface area (TPSA) is 96.0 Å². The highest BCUT2D eigenvalue weighted by Crippen LogP contribution is 2.29. The van der Waals surface area contributed by atoms with Crippen molar-refractivity contribution in [2.45, 2.75) is 44.2 Å². The molecule has 1 aliphatic heterocycles. The molecule has 0 aliphatic carbocycles. The minimum absolute atomic E-state index is 0.0100. The van der Waals surface area contributed by atoms with E-state index in [1.54, 1.807) is 47.4 Å². The van der Waals surface area contributed by atoms with Crippen LogP contribution in [0.5, 0.6) is 0 Å². The average Bonchev–Trinajstić information content (AvgIpc) is 2.87. The van der Waals surface area contributed by atoms with Crippen molar-refractivity contribution in [3.8, 4) is 0 Å². The van der Waals surface area contributed by atoms with E-state index in [4.69, 9.17) is 4.74 Å². The molecule has 4 rings (SSSR count). The SMILES string of the molecule is CN(c1ccccc1)S(=O)(=O)c1cc(C(=O)Nc2ccc3c(c2)CCN(C(=O)OC(C)(C)C)C3)ccc1Br. The molecular formula is C28H30BrN3O5S. The quantitative estimate of drug-likeness (QED) is 0.398. The van der Waals surface area contributed by atoms with Gasteiger partial charge >= 0.3 is 6.09 Å². The molecule has 1 heterocycles. The highest BCUT2D eigenvalue weighted by atomic mass is 79.9. The maximum absolute atomic E-state index is 13.3. The third kappa shape index (κ3) is 6.19. The number of hydrogen-bond acceptors (Lipinski definition) is 5. The molecule has 3 aromatic carbocycles. The van der Waals surface area contributed by atoms with Crippen LogP contribution in [0.3, 0.4) is 0 Å². The predicted octanol–water partition coefficient (Wildman–Crippen LogP) is 5.82. The average molecular weight is 601 g/mol. The van der Waals surface area contributed by atoms with Crippen molar-refractivity contribution in [2.24, 2.45) is 0 Å². The number of ether oxygens (including phenoxy) is 1. The molecule has 0 radical (unpaired) electrons. The van der Waals surface area contributed by atoms with Gasteiger partial charge in [-0.2, -0.15) is 0 Å². The molecule has 200 valence electrons. The fourth-order valence-corrected chi connectivity index (χ4v) is 6.23. The van der Waals surface area contributed by atoms with E-state index in [2.05, 4.69) is 21.2 Å². The second kappa shape index (κ2) is 10.8. The zero-order chi connectivity index (χ0) is 27.7. The van der Waals surface area contributed by atoms with Gasteiger partial charge in [-0.15, -0.1) is 0 Å². The number of nitrogens with one attached hydrogen (secondary N) is 1. The summed E-state index contributed by atoms with van der Waals surface area (Å²) in [6, 6.07) is 18.8. The minimum atomic E-state index is -3.92. The molecule has 0 spiro atoms. The van der Waals surface area contributed by atoms with Crippen LogP contribution in [0.2, 0.25) is 0 Å². The van der Waals surface area contributed by atoms with E-state index in [-0.39, 0.29) is 16.6 Å². The van der Waals surface area contributed by atoms with Crippen LogP contribution < -0.4 is 9.62 Å². The number of para-hydroxylation sites is 1. The van der Waals surface area contributed by atoms with Crippen molar-refractivity contribution >= 4 is 49.3 Å². The molecule has 1 N–H and O–H groups in total. The molecule has 2 amide bonds. The minimum Gasteiger partial charge on any atom is -0.444 e. The zero-order valence-electron chi connectivity index (χ0n) is 21.7. The number of halogens is 1. The first-order chi connectivity index (χ1) is 17.8. The van der Waals surface area contributed by atoms with Crippen LogP contribution in [0.25, 0.3) is 0 Å². The Balaban J connectivity index is 1.50. The van der Waals surface area contributed by atoms with Gasteiger partial charge in [0.25, 0.3) is 15.9 Å². The molecule has 0 atom stereocenters. The summed E-state index contributed by atoms with van der Waals surface area (Å²) in [7, 11) is -2.45. The Hall–Kier alpha value is -3.37. The maximum Gasteiger partial charge on any atom is 0.410 e. The predicted molar refractivity (Wildman–Crippen MR) is 151 cm³/mol. The standard InChI is InChI=1S/C28H30BrN3O5S/c1-28(2,3)37-27(34)32-15-14-19-16-22(12-10-21(19)18-32)30-26(33)20-11-13-24(29)25(17-20)38(35,36)31(4)23-8-6-5-7-9-23/h5-13,16-17H,14-15,18H2,1-4H3,(H,30,33). The van der Waals surface area contributed by atoms with E-state index < -0.39 is 21.5 Å². The fraction of sp³-hybridized carbons (Fsp3) is 0.286. The number of nitrogens with zero attached hydrogens (tertiary/aromatic N) is 2. The number of rotatable bonds is 5. The molecule has 0 saturated carbocycles. The molecule has 0 bridgehead atoms. The Labute approximate surface area is 231 Å². The van der Waals surface area contributed by atoms with Crippen LogP contribution in [0.1, 0.15) is 42.3 Å². The first-order valence-electron chi connectivity index (χ1n) is 12.1. The summed E-state index contributed by atoms with van der Waals surface area (Å²) < 4.78 is 33.7. The number of fused-ring (bicyclic) bond motifs is 1. The highest BCUT2D eigenvalue weighted by Gasteiger charge is 2.27. The smallest absolute Gasteiger partial charge is 0.410 e. The summed E-state index contributed by atoms with van der Waals surface area (Å²) >= 11 is 3.32. The molecule has 38 heavy (non-hydrogen) atoms. The van der Waals surface area contributed by atoms with Crippen molar-refractivity contribution < 1.29 is 22.7 Å². The lowest BCUT2D eigenvalue weighted by Crippen LogP contribution is -2.39. The molecule has 0 saturated heterocycles. The van der Waals surface area contributed by atoms with Gasteiger partial charge < -0.3 is 15.0 Å². The van der Waals surface area contributed by atoms with Crippen molar-refractivity contribution in [1.82, 2.24) is 4.90 Å². The van der Waals surface area contributed by atoms with Gasteiger partial charge in [0, 0.05) is 35.9 Å². The van der Waals surface area contributed by atoms with E-state index in [0.717, 1.165) is 11.1 Å². The fourth-order valence-electron chi connectivity index (χ4n) is 4.08. The Kier molecular flexibility index (Phi) is 7.85. The van der Waals surface area contributed by atoms with Gasteiger partial charge in [-0.25, -0.2) is 13.2 Å². The molecule has 0 unspecified atom stereocenters. The summed E-state index contributed by atoms with van der Waals surface area (Å²) in [4.78, 5) is 27.2. The molecule has 10 heteroatoms. The summed E-state index contributed by atoms with van der Waals surface area (Å²) in [6.45, 7) is 6.46. The molecule has 3 aromatic rings. The summed E-state index contributed by atoms with van der Waals surface area (Å²) in [5.41, 5.74) is 2.77. The third-order valence-corrected chi connectivity index (χ3v) is 8.86. The van der Waals surface area contributed by atoms with Gasteiger partial charge in [-0.3, -0.25) is 9.10 Å². The lowest BCUT2D eigenvalue weighted by atomic mass is 9.99. The number of sulfonamides is 1. The van der Waals surface area contributed by atoms with Gasteiger partial charge in [0.15, 0.2) is 0 Å². The summed E-state index contributed by atoms with van der Waals surface area (Å²) in [5, 5.41) is 2.86. The second-order valence-corrected chi connectivity index (χ2v) is 12.8. The highest BCUT2D eigenvalue weighted by molar-refractivity contribution is 9.10. The van der Waals surface area contributed by atoms with Crippen molar-refractivity contribution in [3.05, 3.63) is 87.9 Å². The Morgan fingerprint density at radius 3 is 2.39 bits per heavy atom. The Morgan fingerprint density at radius 2 is 1.71 bits per heavy atom. The monoisotopic (exact) mass is 599 g/mol. The number of hydrogen-bond donors (Lipinski definition) is 1. The normalized spacial score (nSPS) is 13.4. The Bertz CT molecular complexity index is 1470. The van der Waals surface area contributed by atoms with E-state index in [1.165, 1.54) is 17.4 Å². The number of carbonyl (C=O) groups is 2. The number of carbonyl (C=O) groups excluding carboxylic acids is 2. The molecule has 1 aliphatic rings. The van der Waals surface area contributed by atoms with Gasteiger partial charge in [0.05, 0.1) is 5.69 Å². The molecule has 8 nitrogen and oxygen atoms in total. The molecule has 0 aromatic heterocycles. The molecular weight excluding hydrogens is 570 g/mol. The Morgan fingerprint density at radius 1 is 1.00 bits per heavy atom. The van der Waals surface area contributed by atoms with Gasteiger partial charge in [0.2, 0.25) is 0 Å². The zero-order valence-corrected chi connectivity index (χ0v) is 24.1. The first-order valence-corrected chi connectivity index (χ1v) is 14.3. The van der Waals surface area contributed by atoms with E-state index >= 15 is 0 Å². The van der Waals surface area contributed by atoms with E-state index in [9.17, 15) is 18.0 Å². The summed E-state index contributed by atoms with van der Waals surface area (Å²) in [6.07, 6.45) is 0.282. The van der Waals surface area contributed by atoms with Crippen molar-refractivity contribution in [1.29, 1.82) is 0 Å². The van der Waals surface area contributed by atoms with Crippen LogP contribution in [0.15, 0.2) is 76.1 Å². The van der Waals surface area contributed by atoms with E-state index in [1.807, 2.05) is 39.0 Å².